The molecule has 0 saturated carbocycles. The molecule has 0 saturated heterocycles. The van der Waals surface area contributed by atoms with Gasteiger partial charge in [0.2, 0.25) is 10.0 Å². The molecule has 0 aliphatic heterocycles. The molecule has 1 aromatic rings. The smallest absolute Gasteiger partial charge is 0.240 e. The van der Waals surface area contributed by atoms with E-state index in [-0.39, 0.29) is 17.4 Å². The summed E-state index contributed by atoms with van der Waals surface area (Å²) in [7, 11) is -3.67. The summed E-state index contributed by atoms with van der Waals surface area (Å²) in [5.41, 5.74) is 6.65. The van der Waals surface area contributed by atoms with Crippen molar-refractivity contribution >= 4 is 31.6 Å². The van der Waals surface area contributed by atoms with Crippen molar-refractivity contribution in [1.82, 2.24) is 4.72 Å². The van der Waals surface area contributed by atoms with Gasteiger partial charge in [-0.15, -0.1) is 0 Å². The second kappa shape index (κ2) is 6.21. The molecule has 1 aromatic carbocycles. The first kappa shape index (κ1) is 16.4. The molecular weight excluding hydrogens is 332 g/mol. The van der Waals surface area contributed by atoms with Crippen molar-refractivity contribution in [3.8, 4) is 0 Å². The third kappa shape index (κ3) is 4.17. The van der Waals surface area contributed by atoms with Crippen molar-refractivity contribution in [3.05, 3.63) is 22.2 Å². The molecule has 0 aliphatic rings. The third-order valence-corrected chi connectivity index (χ3v) is 5.09. The second-order valence-corrected chi connectivity index (χ2v) is 7.39. The summed E-state index contributed by atoms with van der Waals surface area (Å²) >= 11 is 3.25. The largest absolute Gasteiger partial charge is 0.398 e. The van der Waals surface area contributed by atoms with Crippen LogP contribution in [0.2, 0.25) is 0 Å². The number of hydrogen-bond donors (Lipinski definition) is 3. The lowest BCUT2D eigenvalue weighted by molar-refractivity contribution is 0.129. The summed E-state index contributed by atoms with van der Waals surface area (Å²) in [6.45, 7) is 5.32. The number of aliphatic hydroxyl groups excluding tert-OH is 1. The van der Waals surface area contributed by atoms with Crippen LogP contribution in [0.5, 0.6) is 0 Å². The number of rotatable bonds is 5. The average molecular weight is 351 g/mol. The molecule has 0 spiro atoms. The first-order valence-corrected chi connectivity index (χ1v) is 8.16. The number of anilines is 1. The molecule has 108 valence electrons. The lowest BCUT2D eigenvalue weighted by Crippen LogP contribution is -2.35. The Morgan fingerprint density at radius 3 is 2.53 bits per heavy atom. The number of nitrogens with one attached hydrogen (secondary N) is 1. The van der Waals surface area contributed by atoms with Crippen molar-refractivity contribution in [1.29, 1.82) is 0 Å². The Morgan fingerprint density at radius 2 is 2.00 bits per heavy atom. The Kier molecular flexibility index (Phi) is 5.37. The van der Waals surface area contributed by atoms with E-state index in [4.69, 9.17) is 5.73 Å². The second-order valence-electron chi connectivity index (χ2n) is 4.80. The maximum atomic E-state index is 12.2. The van der Waals surface area contributed by atoms with Crippen LogP contribution < -0.4 is 10.5 Å². The Balaban J connectivity index is 2.98. The zero-order valence-electron chi connectivity index (χ0n) is 11.1. The molecule has 0 heterocycles. The van der Waals surface area contributed by atoms with Crippen LogP contribution in [0.25, 0.3) is 0 Å². The van der Waals surface area contributed by atoms with Gasteiger partial charge in [0.15, 0.2) is 0 Å². The molecule has 0 aromatic heterocycles. The van der Waals surface area contributed by atoms with E-state index in [1.54, 1.807) is 13.0 Å². The predicted molar refractivity (Wildman–Crippen MR) is 79.3 cm³/mol. The van der Waals surface area contributed by atoms with Crippen LogP contribution in [-0.4, -0.2) is 26.2 Å². The number of sulfonamides is 1. The van der Waals surface area contributed by atoms with Crippen LogP contribution >= 0.6 is 15.9 Å². The lowest BCUT2D eigenvalue weighted by atomic mass is 10.1. The molecule has 0 aliphatic carbocycles. The number of benzene rings is 1. The van der Waals surface area contributed by atoms with E-state index in [2.05, 4.69) is 20.7 Å². The van der Waals surface area contributed by atoms with Gasteiger partial charge < -0.3 is 10.8 Å². The van der Waals surface area contributed by atoms with E-state index >= 15 is 0 Å². The predicted octanol–water partition coefficient (Wildman–Crippen LogP) is 1.63. The fourth-order valence-corrected chi connectivity index (χ4v) is 3.24. The highest BCUT2D eigenvalue weighted by Crippen LogP contribution is 2.26. The quantitative estimate of drug-likeness (QED) is 0.703. The minimum Gasteiger partial charge on any atom is -0.398 e. The first-order chi connectivity index (χ1) is 8.65. The van der Waals surface area contributed by atoms with Crippen molar-refractivity contribution < 1.29 is 13.5 Å². The summed E-state index contributed by atoms with van der Waals surface area (Å²) in [6.07, 6.45) is -0.720. The van der Waals surface area contributed by atoms with Crippen LogP contribution in [0, 0.1) is 12.8 Å². The number of halogens is 1. The number of hydrogen-bond acceptors (Lipinski definition) is 4. The van der Waals surface area contributed by atoms with Gasteiger partial charge in [-0.2, -0.15) is 0 Å². The van der Waals surface area contributed by atoms with Gasteiger partial charge in [0.1, 0.15) is 0 Å². The molecule has 0 amide bonds. The highest BCUT2D eigenvalue weighted by molar-refractivity contribution is 9.10. The minimum absolute atomic E-state index is 0.0150. The zero-order valence-corrected chi connectivity index (χ0v) is 13.5. The molecular formula is C12H19BrN2O3S. The topological polar surface area (TPSA) is 92.4 Å². The van der Waals surface area contributed by atoms with Crippen molar-refractivity contribution in [2.75, 3.05) is 12.3 Å². The van der Waals surface area contributed by atoms with Gasteiger partial charge in [0.05, 0.1) is 11.0 Å². The standard InChI is InChI=1S/C12H19BrN2O3S/c1-7(2)11(16)6-15-19(17,18)12-5-10(14)9(13)4-8(12)3/h4-5,7,11,15-16H,6,14H2,1-3H3. The van der Waals surface area contributed by atoms with Gasteiger partial charge in [-0.05, 0) is 46.5 Å². The molecule has 0 radical (unpaired) electrons. The Labute approximate surface area is 122 Å². The van der Waals surface area contributed by atoms with Crippen LogP contribution in [0.15, 0.2) is 21.5 Å². The maximum absolute atomic E-state index is 12.2. The number of aryl methyl sites for hydroxylation is 1. The van der Waals surface area contributed by atoms with Crippen LogP contribution in [0.1, 0.15) is 19.4 Å². The monoisotopic (exact) mass is 350 g/mol. The van der Waals surface area contributed by atoms with Crippen LogP contribution in [0.3, 0.4) is 0 Å². The van der Waals surface area contributed by atoms with E-state index in [1.165, 1.54) is 6.07 Å². The molecule has 1 atom stereocenters. The summed E-state index contributed by atoms with van der Waals surface area (Å²) in [5, 5.41) is 9.65. The van der Waals surface area contributed by atoms with Gasteiger partial charge in [0, 0.05) is 16.7 Å². The zero-order chi connectivity index (χ0) is 14.8. The molecule has 7 heteroatoms. The van der Waals surface area contributed by atoms with Crippen LogP contribution in [-0.2, 0) is 10.0 Å². The Hall–Kier alpha value is -0.630. The van der Waals surface area contributed by atoms with Gasteiger partial charge in [-0.1, -0.05) is 13.8 Å². The fourth-order valence-electron chi connectivity index (χ4n) is 1.47. The van der Waals surface area contributed by atoms with Crippen molar-refractivity contribution in [2.24, 2.45) is 5.92 Å². The summed E-state index contributed by atoms with van der Waals surface area (Å²) in [6, 6.07) is 3.06. The summed E-state index contributed by atoms with van der Waals surface area (Å²) < 4.78 is 27.4. The van der Waals surface area contributed by atoms with Crippen molar-refractivity contribution in [3.63, 3.8) is 0 Å². The van der Waals surface area contributed by atoms with E-state index in [1.807, 2.05) is 13.8 Å². The number of nitrogen functional groups attached to an aromatic ring is 1. The average Bonchev–Trinajstić information content (AvgIpc) is 2.30. The highest BCUT2D eigenvalue weighted by atomic mass is 79.9. The van der Waals surface area contributed by atoms with Gasteiger partial charge >= 0.3 is 0 Å². The molecule has 19 heavy (non-hydrogen) atoms. The molecule has 0 fully saturated rings. The van der Waals surface area contributed by atoms with Gasteiger partial charge in [-0.25, -0.2) is 13.1 Å². The minimum atomic E-state index is -3.67. The van der Waals surface area contributed by atoms with Crippen molar-refractivity contribution in [2.45, 2.75) is 31.8 Å². The van der Waals surface area contributed by atoms with Gasteiger partial charge in [0.25, 0.3) is 0 Å². The van der Waals surface area contributed by atoms with E-state index in [9.17, 15) is 13.5 Å². The normalized spacial score (nSPS) is 13.8. The molecule has 4 N–H and O–H groups in total. The molecule has 5 nitrogen and oxygen atoms in total. The fraction of sp³-hybridized carbons (Fsp3) is 0.500. The SMILES string of the molecule is Cc1cc(Br)c(N)cc1S(=O)(=O)NCC(O)C(C)C. The molecule has 0 bridgehead atoms. The maximum Gasteiger partial charge on any atom is 0.240 e. The van der Waals surface area contributed by atoms with E-state index < -0.39 is 16.1 Å². The highest BCUT2D eigenvalue weighted by Gasteiger charge is 2.20. The van der Waals surface area contributed by atoms with Crippen LogP contribution in [0.4, 0.5) is 5.69 Å². The molecule has 1 rings (SSSR count). The summed E-state index contributed by atoms with van der Waals surface area (Å²) in [4.78, 5) is 0.129. The Bertz CT molecular complexity index is 558. The number of aliphatic hydroxyl groups is 1. The van der Waals surface area contributed by atoms with Gasteiger partial charge in [-0.3, -0.25) is 0 Å². The van der Waals surface area contributed by atoms with E-state index in [0.29, 0.717) is 15.7 Å². The first-order valence-electron chi connectivity index (χ1n) is 5.88. The Morgan fingerprint density at radius 1 is 1.42 bits per heavy atom. The van der Waals surface area contributed by atoms with E-state index in [0.717, 1.165) is 0 Å². The summed E-state index contributed by atoms with van der Waals surface area (Å²) in [5.74, 6) is -0.0150. The third-order valence-electron chi connectivity index (χ3n) is 2.84. The molecule has 1 unspecified atom stereocenters. The lowest BCUT2D eigenvalue weighted by Gasteiger charge is -2.16. The number of nitrogens with two attached hydrogens (primary N) is 1.